The summed E-state index contributed by atoms with van der Waals surface area (Å²) in [4.78, 5) is 11.7. The van der Waals surface area contributed by atoms with Crippen molar-refractivity contribution >= 4 is 5.91 Å². The normalized spacial score (nSPS) is 16.6. The minimum absolute atomic E-state index is 0.0188. The molecule has 2 rings (SSSR count). The summed E-state index contributed by atoms with van der Waals surface area (Å²) in [5.74, 6) is -1.28. The largest absolute Gasteiger partial charge is 0.508 e. The van der Waals surface area contributed by atoms with Crippen LogP contribution >= 0.6 is 0 Å². The van der Waals surface area contributed by atoms with Gasteiger partial charge in [0, 0.05) is 12.6 Å². The lowest BCUT2D eigenvalue weighted by atomic mass is 10.0. The molecule has 4 heteroatoms. The van der Waals surface area contributed by atoms with Gasteiger partial charge >= 0.3 is 0 Å². The van der Waals surface area contributed by atoms with Crippen LogP contribution in [-0.4, -0.2) is 17.6 Å². The monoisotopic (exact) mass is 237 g/mol. The second kappa shape index (κ2) is 4.35. The van der Waals surface area contributed by atoms with Gasteiger partial charge in [0.1, 0.15) is 11.6 Å². The molecule has 92 valence electrons. The number of phenols is 1. The zero-order valence-corrected chi connectivity index (χ0v) is 9.79. The molecular weight excluding hydrogens is 221 g/mol. The number of carbonyl (C=O) groups is 1. The highest BCUT2D eigenvalue weighted by Crippen LogP contribution is 2.47. The molecule has 0 aliphatic heterocycles. The van der Waals surface area contributed by atoms with E-state index < -0.39 is 11.7 Å². The van der Waals surface area contributed by atoms with Gasteiger partial charge in [-0.2, -0.15) is 0 Å². The van der Waals surface area contributed by atoms with E-state index in [0.717, 1.165) is 25.3 Å². The summed E-state index contributed by atoms with van der Waals surface area (Å²) in [6.45, 7) is 2.70. The lowest BCUT2D eigenvalue weighted by Crippen LogP contribution is -2.30. The van der Waals surface area contributed by atoms with Gasteiger partial charge < -0.3 is 10.4 Å². The van der Waals surface area contributed by atoms with Gasteiger partial charge in [0.25, 0.3) is 5.91 Å². The Morgan fingerprint density at radius 2 is 2.24 bits per heavy atom. The van der Waals surface area contributed by atoms with Crippen molar-refractivity contribution < 1.29 is 14.3 Å². The molecule has 17 heavy (non-hydrogen) atoms. The highest BCUT2D eigenvalue weighted by atomic mass is 19.1. The number of hydrogen-bond acceptors (Lipinski definition) is 2. The van der Waals surface area contributed by atoms with E-state index in [9.17, 15) is 9.18 Å². The van der Waals surface area contributed by atoms with Crippen molar-refractivity contribution in [2.45, 2.75) is 26.2 Å². The third-order valence-electron chi connectivity index (χ3n) is 3.53. The van der Waals surface area contributed by atoms with Crippen molar-refractivity contribution in [3.05, 3.63) is 29.6 Å². The van der Waals surface area contributed by atoms with Gasteiger partial charge in [-0.1, -0.05) is 6.92 Å². The summed E-state index contributed by atoms with van der Waals surface area (Å²) in [6, 6.07) is 3.55. The number of aromatic hydroxyl groups is 1. The minimum Gasteiger partial charge on any atom is -0.508 e. The van der Waals surface area contributed by atoms with Crippen molar-refractivity contribution in [1.82, 2.24) is 5.32 Å². The Hall–Kier alpha value is -1.58. The number of rotatable bonds is 4. The molecule has 0 unspecified atom stereocenters. The van der Waals surface area contributed by atoms with Gasteiger partial charge in [-0.25, -0.2) is 4.39 Å². The highest BCUT2D eigenvalue weighted by molar-refractivity contribution is 5.94. The van der Waals surface area contributed by atoms with Gasteiger partial charge in [0.05, 0.1) is 5.56 Å². The first kappa shape index (κ1) is 11.9. The van der Waals surface area contributed by atoms with E-state index in [0.29, 0.717) is 6.54 Å². The molecule has 0 aromatic heterocycles. The second-order valence-corrected chi connectivity index (χ2v) is 4.70. The van der Waals surface area contributed by atoms with Crippen LogP contribution < -0.4 is 5.32 Å². The Morgan fingerprint density at radius 1 is 1.53 bits per heavy atom. The standard InChI is InChI=1S/C13H16FNO2/c1-2-13(5-6-13)8-15-12(17)10-4-3-9(16)7-11(10)14/h3-4,7,16H,2,5-6,8H2,1H3,(H,15,17). The summed E-state index contributed by atoms with van der Waals surface area (Å²) < 4.78 is 13.4. The van der Waals surface area contributed by atoms with Gasteiger partial charge in [0.15, 0.2) is 0 Å². The zero-order valence-electron chi connectivity index (χ0n) is 9.79. The fraction of sp³-hybridized carbons (Fsp3) is 0.462. The van der Waals surface area contributed by atoms with Gasteiger partial charge in [-0.3, -0.25) is 4.79 Å². The Kier molecular flexibility index (Phi) is 3.05. The highest BCUT2D eigenvalue weighted by Gasteiger charge is 2.40. The first-order valence-electron chi connectivity index (χ1n) is 5.83. The molecule has 2 N–H and O–H groups in total. The molecule has 1 aliphatic carbocycles. The van der Waals surface area contributed by atoms with Crippen LogP contribution in [0.15, 0.2) is 18.2 Å². The average Bonchev–Trinajstić information content (AvgIpc) is 3.07. The number of amides is 1. The van der Waals surface area contributed by atoms with E-state index in [2.05, 4.69) is 12.2 Å². The smallest absolute Gasteiger partial charge is 0.254 e. The van der Waals surface area contributed by atoms with Crippen molar-refractivity contribution in [3.8, 4) is 5.75 Å². The molecule has 0 bridgehead atoms. The summed E-state index contributed by atoms with van der Waals surface area (Å²) in [7, 11) is 0. The molecule has 1 saturated carbocycles. The van der Waals surface area contributed by atoms with Crippen LogP contribution in [0.3, 0.4) is 0 Å². The first-order valence-corrected chi connectivity index (χ1v) is 5.83. The lowest BCUT2D eigenvalue weighted by molar-refractivity contribution is 0.0940. The van der Waals surface area contributed by atoms with Crippen molar-refractivity contribution in [3.63, 3.8) is 0 Å². The third kappa shape index (κ3) is 2.57. The summed E-state index contributed by atoms with van der Waals surface area (Å²) in [5.41, 5.74) is 0.220. The number of carbonyl (C=O) groups excluding carboxylic acids is 1. The molecule has 0 radical (unpaired) electrons. The van der Waals surface area contributed by atoms with Gasteiger partial charge in [0.2, 0.25) is 0 Å². The van der Waals surface area contributed by atoms with Crippen molar-refractivity contribution in [2.75, 3.05) is 6.54 Å². The molecule has 0 atom stereocenters. The number of hydrogen-bond donors (Lipinski definition) is 2. The van der Waals surface area contributed by atoms with E-state index in [-0.39, 0.29) is 16.7 Å². The van der Waals surface area contributed by atoms with Crippen molar-refractivity contribution in [1.29, 1.82) is 0 Å². The molecule has 0 spiro atoms. The van der Waals surface area contributed by atoms with E-state index in [1.807, 2.05) is 0 Å². The summed E-state index contributed by atoms with van der Waals surface area (Å²) in [6.07, 6.45) is 3.29. The van der Waals surface area contributed by atoms with E-state index in [1.54, 1.807) is 0 Å². The molecular formula is C13H16FNO2. The molecule has 1 aromatic carbocycles. The fourth-order valence-corrected chi connectivity index (χ4v) is 1.88. The van der Waals surface area contributed by atoms with Crippen LogP contribution in [0.5, 0.6) is 5.75 Å². The Morgan fingerprint density at radius 3 is 2.76 bits per heavy atom. The number of benzene rings is 1. The van der Waals surface area contributed by atoms with Crippen LogP contribution in [-0.2, 0) is 0 Å². The molecule has 0 heterocycles. The van der Waals surface area contributed by atoms with Crippen LogP contribution in [0.4, 0.5) is 4.39 Å². The molecule has 0 saturated heterocycles. The van der Waals surface area contributed by atoms with Crippen LogP contribution in [0.25, 0.3) is 0 Å². The predicted octanol–water partition coefficient (Wildman–Crippen LogP) is 2.45. The second-order valence-electron chi connectivity index (χ2n) is 4.70. The van der Waals surface area contributed by atoms with Gasteiger partial charge in [-0.15, -0.1) is 0 Å². The maximum atomic E-state index is 13.4. The maximum Gasteiger partial charge on any atom is 0.254 e. The SMILES string of the molecule is CCC1(CNC(=O)c2ccc(O)cc2F)CC1. The zero-order chi connectivity index (χ0) is 12.5. The average molecular weight is 237 g/mol. The summed E-state index contributed by atoms with van der Waals surface area (Å²) >= 11 is 0. The van der Waals surface area contributed by atoms with E-state index in [4.69, 9.17) is 5.11 Å². The maximum absolute atomic E-state index is 13.4. The van der Waals surface area contributed by atoms with Gasteiger partial charge in [-0.05, 0) is 36.8 Å². The molecule has 1 fully saturated rings. The minimum atomic E-state index is -0.691. The topological polar surface area (TPSA) is 49.3 Å². The molecule has 3 nitrogen and oxygen atoms in total. The lowest BCUT2D eigenvalue weighted by Gasteiger charge is -2.13. The van der Waals surface area contributed by atoms with Crippen LogP contribution in [0.1, 0.15) is 36.5 Å². The quantitative estimate of drug-likeness (QED) is 0.845. The van der Waals surface area contributed by atoms with Crippen molar-refractivity contribution in [2.24, 2.45) is 5.41 Å². The van der Waals surface area contributed by atoms with E-state index in [1.165, 1.54) is 12.1 Å². The molecule has 1 aliphatic rings. The van der Waals surface area contributed by atoms with E-state index >= 15 is 0 Å². The number of halogens is 1. The first-order chi connectivity index (χ1) is 8.06. The Labute approximate surface area is 99.7 Å². The van der Waals surface area contributed by atoms with Crippen LogP contribution in [0.2, 0.25) is 0 Å². The Balaban J connectivity index is 2.00. The number of nitrogens with one attached hydrogen (secondary N) is 1. The predicted molar refractivity (Wildman–Crippen MR) is 62.4 cm³/mol. The van der Waals surface area contributed by atoms with Crippen LogP contribution in [0, 0.1) is 11.2 Å². The summed E-state index contributed by atoms with van der Waals surface area (Å²) in [5, 5.41) is 11.8. The Bertz CT molecular complexity index is 441. The molecule has 1 amide bonds. The molecule has 1 aromatic rings. The number of phenolic OH excluding ortho intramolecular Hbond substituents is 1. The third-order valence-corrected chi connectivity index (χ3v) is 3.53. The fourth-order valence-electron chi connectivity index (χ4n) is 1.88.